The van der Waals surface area contributed by atoms with Crippen molar-refractivity contribution in [2.75, 3.05) is 6.54 Å². The Bertz CT molecular complexity index is 199. The van der Waals surface area contributed by atoms with E-state index in [0.717, 1.165) is 12.6 Å². The second kappa shape index (κ2) is 6.75. The molecule has 2 saturated carbocycles. The molecule has 2 aliphatic rings. The largest absolute Gasteiger partial charge is 0.329 e. The van der Waals surface area contributed by atoms with Crippen LogP contribution >= 0.6 is 0 Å². The van der Waals surface area contributed by atoms with Crippen LogP contribution in [0.1, 0.15) is 77.0 Å². The highest BCUT2D eigenvalue weighted by atomic mass is 15.0. The summed E-state index contributed by atoms with van der Waals surface area (Å²) in [7, 11) is 0. The molecule has 0 aliphatic heterocycles. The molecular formula is C15H30N2. The van der Waals surface area contributed by atoms with Crippen molar-refractivity contribution in [2.24, 2.45) is 5.73 Å². The predicted octanol–water partition coefficient (Wildman–Crippen LogP) is 3.35. The summed E-state index contributed by atoms with van der Waals surface area (Å²) in [5, 5.41) is 3.98. The summed E-state index contributed by atoms with van der Waals surface area (Å²) < 4.78 is 0. The average Bonchev–Trinajstić information content (AvgIpc) is 2.73. The zero-order valence-electron chi connectivity index (χ0n) is 11.3. The number of nitrogens with one attached hydrogen (secondary N) is 1. The van der Waals surface area contributed by atoms with Crippen molar-refractivity contribution < 1.29 is 0 Å². The molecule has 0 saturated heterocycles. The summed E-state index contributed by atoms with van der Waals surface area (Å²) in [6.45, 7) is 0.837. The monoisotopic (exact) mass is 238 g/mol. The first-order valence-electron chi connectivity index (χ1n) is 7.82. The van der Waals surface area contributed by atoms with E-state index in [4.69, 9.17) is 5.73 Å². The Morgan fingerprint density at radius 3 is 1.88 bits per heavy atom. The molecule has 100 valence electrons. The number of hydrogen-bond donors (Lipinski definition) is 2. The molecule has 2 rings (SSSR count). The Balaban J connectivity index is 1.91. The van der Waals surface area contributed by atoms with E-state index < -0.39 is 0 Å². The van der Waals surface area contributed by atoms with Crippen LogP contribution in [0.25, 0.3) is 0 Å². The minimum absolute atomic E-state index is 0.283. The number of hydrogen-bond acceptors (Lipinski definition) is 2. The van der Waals surface area contributed by atoms with Crippen molar-refractivity contribution in [1.29, 1.82) is 0 Å². The van der Waals surface area contributed by atoms with E-state index in [9.17, 15) is 0 Å². The van der Waals surface area contributed by atoms with E-state index in [2.05, 4.69) is 5.32 Å². The van der Waals surface area contributed by atoms with Gasteiger partial charge in [0, 0.05) is 18.1 Å². The van der Waals surface area contributed by atoms with Gasteiger partial charge >= 0.3 is 0 Å². The molecule has 0 heterocycles. The third kappa shape index (κ3) is 3.96. The summed E-state index contributed by atoms with van der Waals surface area (Å²) in [4.78, 5) is 0. The fourth-order valence-corrected chi connectivity index (χ4v) is 3.67. The molecule has 17 heavy (non-hydrogen) atoms. The highest BCUT2D eigenvalue weighted by Gasteiger charge is 2.31. The normalized spacial score (nSPS) is 27.4. The molecule has 0 aromatic heterocycles. The zero-order chi connectivity index (χ0) is 12.0. The molecule has 2 nitrogen and oxygen atoms in total. The second-order valence-electron chi connectivity index (χ2n) is 6.23. The summed E-state index contributed by atoms with van der Waals surface area (Å²) in [5.41, 5.74) is 6.38. The van der Waals surface area contributed by atoms with Gasteiger partial charge in [-0.1, -0.05) is 51.4 Å². The molecule has 0 spiro atoms. The number of nitrogens with two attached hydrogens (primary N) is 1. The van der Waals surface area contributed by atoms with Gasteiger partial charge in [0.2, 0.25) is 0 Å². The molecule has 0 aromatic carbocycles. The van der Waals surface area contributed by atoms with Crippen LogP contribution in [-0.2, 0) is 0 Å². The number of rotatable bonds is 3. The Morgan fingerprint density at radius 2 is 1.35 bits per heavy atom. The molecule has 0 unspecified atom stereocenters. The summed E-state index contributed by atoms with van der Waals surface area (Å²) in [6, 6.07) is 0.749. The topological polar surface area (TPSA) is 38.0 Å². The van der Waals surface area contributed by atoms with Crippen LogP contribution < -0.4 is 11.1 Å². The van der Waals surface area contributed by atoms with Gasteiger partial charge in [-0.05, 0) is 25.7 Å². The standard InChI is InChI=1S/C15H30N2/c16-13-15(11-7-3-4-8-12-15)17-14-9-5-1-2-6-10-14/h14,17H,1-13,16H2. The highest BCUT2D eigenvalue weighted by molar-refractivity contribution is 4.93. The van der Waals surface area contributed by atoms with E-state index in [1.807, 2.05) is 0 Å². The molecule has 0 bridgehead atoms. The summed E-state index contributed by atoms with van der Waals surface area (Å²) >= 11 is 0. The van der Waals surface area contributed by atoms with E-state index in [-0.39, 0.29) is 5.54 Å². The summed E-state index contributed by atoms with van der Waals surface area (Å²) in [5.74, 6) is 0. The van der Waals surface area contributed by atoms with Crippen LogP contribution in [-0.4, -0.2) is 18.1 Å². The van der Waals surface area contributed by atoms with E-state index in [1.165, 1.54) is 77.0 Å². The minimum Gasteiger partial charge on any atom is -0.329 e. The minimum atomic E-state index is 0.283. The molecule has 0 atom stereocenters. The average molecular weight is 238 g/mol. The van der Waals surface area contributed by atoms with Crippen LogP contribution in [0, 0.1) is 0 Å². The first kappa shape index (κ1) is 13.4. The fraction of sp³-hybridized carbons (Fsp3) is 1.00. The molecule has 0 radical (unpaired) electrons. The van der Waals surface area contributed by atoms with Crippen molar-refractivity contribution in [3.63, 3.8) is 0 Å². The van der Waals surface area contributed by atoms with Gasteiger partial charge in [-0.2, -0.15) is 0 Å². The first-order chi connectivity index (χ1) is 8.35. The second-order valence-corrected chi connectivity index (χ2v) is 6.23. The van der Waals surface area contributed by atoms with Gasteiger partial charge < -0.3 is 11.1 Å². The quantitative estimate of drug-likeness (QED) is 0.740. The molecular weight excluding hydrogens is 208 g/mol. The first-order valence-corrected chi connectivity index (χ1v) is 7.82. The van der Waals surface area contributed by atoms with E-state index >= 15 is 0 Å². The fourth-order valence-electron chi connectivity index (χ4n) is 3.67. The SMILES string of the molecule is NCC1(NC2CCCCCC2)CCCCCC1. The van der Waals surface area contributed by atoms with Gasteiger partial charge in [0.15, 0.2) is 0 Å². The lowest BCUT2D eigenvalue weighted by molar-refractivity contribution is 0.246. The van der Waals surface area contributed by atoms with Crippen LogP contribution in [0.3, 0.4) is 0 Å². The van der Waals surface area contributed by atoms with Crippen molar-refractivity contribution in [1.82, 2.24) is 5.32 Å². The maximum Gasteiger partial charge on any atom is 0.0306 e. The lowest BCUT2D eigenvalue weighted by Gasteiger charge is -2.37. The highest BCUT2D eigenvalue weighted by Crippen LogP contribution is 2.29. The Morgan fingerprint density at radius 1 is 0.824 bits per heavy atom. The van der Waals surface area contributed by atoms with Crippen LogP contribution in [0.5, 0.6) is 0 Å². The molecule has 2 aliphatic carbocycles. The Kier molecular flexibility index (Phi) is 5.30. The maximum atomic E-state index is 6.10. The van der Waals surface area contributed by atoms with Gasteiger partial charge in [-0.25, -0.2) is 0 Å². The van der Waals surface area contributed by atoms with Gasteiger partial charge in [0.1, 0.15) is 0 Å². The van der Waals surface area contributed by atoms with Gasteiger partial charge in [-0.15, -0.1) is 0 Å². The molecule has 2 fully saturated rings. The van der Waals surface area contributed by atoms with Gasteiger partial charge in [0.25, 0.3) is 0 Å². The molecule has 3 N–H and O–H groups in total. The van der Waals surface area contributed by atoms with Crippen LogP contribution in [0.2, 0.25) is 0 Å². The lowest BCUT2D eigenvalue weighted by atomic mass is 9.88. The zero-order valence-corrected chi connectivity index (χ0v) is 11.3. The smallest absolute Gasteiger partial charge is 0.0306 e. The van der Waals surface area contributed by atoms with Crippen molar-refractivity contribution >= 4 is 0 Å². The van der Waals surface area contributed by atoms with E-state index in [1.54, 1.807) is 0 Å². The summed E-state index contributed by atoms with van der Waals surface area (Å²) in [6.07, 6.45) is 16.6. The third-order valence-corrected chi connectivity index (χ3v) is 4.82. The third-order valence-electron chi connectivity index (χ3n) is 4.82. The Hall–Kier alpha value is -0.0800. The molecule has 0 amide bonds. The lowest BCUT2D eigenvalue weighted by Crippen LogP contribution is -2.54. The van der Waals surface area contributed by atoms with Crippen molar-refractivity contribution in [3.8, 4) is 0 Å². The van der Waals surface area contributed by atoms with Crippen LogP contribution in [0.15, 0.2) is 0 Å². The van der Waals surface area contributed by atoms with Crippen molar-refractivity contribution in [3.05, 3.63) is 0 Å². The van der Waals surface area contributed by atoms with Crippen LogP contribution in [0.4, 0.5) is 0 Å². The van der Waals surface area contributed by atoms with Gasteiger partial charge in [0.05, 0.1) is 0 Å². The molecule has 2 heteroatoms. The Labute approximate surface area is 107 Å². The molecule has 0 aromatic rings. The van der Waals surface area contributed by atoms with E-state index in [0.29, 0.717) is 0 Å². The predicted molar refractivity (Wildman–Crippen MR) is 74.1 cm³/mol. The van der Waals surface area contributed by atoms with Crippen molar-refractivity contribution in [2.45, 2.75) is 88.6 Å². The maximum absolute atomic E-state index is 6.10. The van der Waals surface area contributed by atoms with Gasteiger partial charge in [-0.3, -0.25) is 0 Å².